The van der Waals surface area contributed by atoms with Crippen LogP contribution in [0.2, 0.25) is 0 Å². The molecule has 0 amide bonds. The minimum Gasteiger partial charge on any atom is -0.389 e. The maximum atomic E-state index is 8.87. The van der Waals surface area contributed by atoms with Gasteiger partial charge in [-0.3, -0.25) is 0 Å². The third-order valence-corrected chi connectivity index (χ3v) is 1.23. The van der Waals surface area contributed by atoms with Gasteiger partial charge in [0, 0.05) is 6.04 Å². The highest BCUT2D eigenvalue weighted by molar-refractivity contribution is 6.18. The van der Waals surface area contributed by atoms with Gasteiger partial charge in [0.15, 0.2) is 0 Å². The summed E-state index contributed by atoms with van der Waals surface area (Å²) in [6.07, 6.45) is -0.569. The molecule has 2 atom stereocenters. The van der Waals surface area contributed by atoms with Crippen LogP contribution in [0.5, 0.6) is 0 Å². The lowest BCUT2D eigenvalue weighted by Gasteiger charge is -2.09. The summed E-state index contributed by atoms with van der Waals surface area (Å²) in [5, 5.41) is 8.87. The molecule has 0 aliphatic rings. The Morgan fingerprint density at radius 1 is 1.55 bits per heavy atom. The lowest BCUT2D eigenvalue weighted by Crippen LogP contribution is -2.25. The van der Waals surface area contributed by atoms with Crippen LogP contribution >= 0.6 is 24.0 Å². The largest absolute Gasteiger partial charge is 0.389 e. The molecule has 0 aromatic rings. The number of aliphatic hydroxyl groups is 1. The Labute approximate surface area is 78.3 Å². The SMILES string of the molecule is C[C@@H](N)COC[C@@H](O)CCl.Cl. The van der Waals surface area contributed by atoms with Crippen molar-refractivity contribution in [1.82, 2.24) is 0 Å². The van der Waals surface area contributed by atoms with Crippen LogP contribution in [-0.4, -0.2) is 36.3 Å². The molecule has 11 heavy (non-hydrogen) atoms. The maximum absolute atomic E-state index is 8.87. The quantitative estimate of drug-likeness (QED) is 0.636. The standard InChI is InChI=1S/C6H14ClNO2.ClH/c1-5(8)3-10-4-6(9)2-7;/h5-6,9H,2-4,8H2,1H3;1H/t5-,6+;/m1./s1. The van der Waals surface area contributed by atoms with Crippen molar-refractivity contribution in [3.63, 3.8) is 0 Å². The van der Waals surface area contributed by atoms with E-state index in [1.54, 1.807) is 0 Å². The Morgan fingerprint density at radius 2 is 2.09 bits per heavy atom. The summed E-state index contributed by atoms with van der Waals surface area (Å²) in [4.78, 5) is 0. The third-order valence-electron chi connectivity index (χ3n) is 0.869. The molecule has 0 bridgehead atoms. The lowest BCUT2D eigenvalue weighted by molar-refractivity contribution is 0.0435. The van der Waals surface area contributed by atoms with Crippen LogP contribution in [0.3, 0.4) is 0 Å². The highest BCUT2D eigenvalue weighted by Gasteiger charge is 2.01. The number of hydrogen-bond donors (Lipinski definition) is 2. The molecule has 0 aliphatic carbocycles. The number of alkyl halides is 1. The van der Waals surface area contributed by atoms with Crippen LogP contribution in [0, 0.1) is 0 Å². The fourth-order valence-corrected chi connectivity index (χ4v) is 0.524. The van der Waals surface area contributed by atoms with E-state index < -0.39 is 6.10 Å². The van der Waals surface area contributed by atoms with Crippen molar-refractivity contribution >= 4 is 24.0 Å². The number of rotatable bonds is 5. The van der Waals surface area contributed by atoms with Crippen LogP contribution < -0.4 is 5.73 Å². The average molecular weight is 204 g/mol. The first-order valence-corrected chi connectivity index (χ1v) is 3.77. The molecule has 0 aliphatic heterocycles. The molecule has 0 unspecified atom stereocenters. The molecule has 0 saturated heterocycles. The number of ether oxygens (including phenoxy) is 1. The number of hydrogen-bond acceptors (Lipinski definition) is 3. The first-order chi connectivity index (χ1) is 4.66. The summed E-state index contributed by atoms with van der Waals surface area (Å²) in [6.45, 7) is 2.58. The predicted octanol–water partition coefficient (Wildman–Crippen LogP) is 0.372. The molecule has 0 aromatic heterocycles. The van der Waals surface area contributed by atoms with E-state index in [9.17, 15) is 0 Å². The molecule has 0 aromatic carbocycles. The zero-order valence-corrected chi connectivity index (χ0v) is 8.07. The minimum atomic E-state index is -0.569. The maximum Gasteiger partial charge on any atom is 0.0908 e. The number of aliphatic hydroxyl groups excluding tert-OH is 1. The second-order valence-corrected chi connectivity index (χ2v) is 2.63. The third kappa shape index (κ3) is 10.5. The predicted molar refractivity (Wildman–Crippen MR) is 48.4 cm³/mol. The Kier molecular flexibility index (Phi) is 10.9. The van der Waals surface area contributed by atoms with Crippen molar-refractivity contribution in [2.45, 2.75) is 19.1 Å². The van der Waals surface area contributed by atoms with Gasteiger partial charge in [-0.15, -0.1) is 24.0 Å². The van der Waals surface area contributed by atoms with Crippen molar-refractivity contribution in [2.75, 3.05) is 19.1 Å². The van der Waals surface area contributed by atoms with E-state index in [-0.39, 0.29) is 30.9 Å². The summed E-state index contributed by atoms with van der Waals surface area (Å²) in [6, 6.07) is 0.0162. The molecule has 3 N–H and O–H groups in total. The fourth-order valence-electron chi connectivity index (χ4n) is 0.435. The number of nitrogens with two attached hydrogens (primary N) is 1. The summed E-state index contributed by atoms with van der Waals surface area (Å²) in [5.41, 5.74) is 5.38. The second kappa shape index (κ2) is 8.56. The monoisotopic (exact) mass is 203 g/mol. The Hall–Kier alpha value is 0.460. The van der Waals surface area contributed by atoms with Gasteiger partial charge in [0.25, 0.3) is 0 Å². The molecular formula is C6H15Cl2NO2. The zero-order chi connectivity index (χ0) is 7.98. The summed E-state index contributed by atoms with van der Waals surface area (Å²) in [7, 11) is 0. The summed E-state index contributed by atoms with van der Waals surface area (Å²) < 4.78 is 4.99. The summed E-state index contributed by atoms with van der Waals surface area (Å²) >= 11 is 5.31. The van der Waals surface area contributed by atoms with Crippen LogP contribution in [0.15, 0.2) is 0 Å². The van der Waals surface area contributed by atoms with Crippen molar-refractivity contribution in [1.29, 1.82) is 0 Å². The van der Waals surface area contributed by atoms with Gasteiger partial charge in [-0.25, -0.2) is 0 Å². The molecule has 0 heterocycles. The van der Waals surface area contributed by atoms with Crippen molar-refractivity contribution in [3.8, 4) is 0 Å². The van der Waals surface area contributed by atoms with E-state index in [1.807, 2.05) is 6.92 Å². The Morgan fingerprint density at radius 3 is 2.45 bits per heavy atom. The van der Waals surface area contributed by atoms with Crippen LogP contribution in [0.25, 0.3) is 0 Å². The normalized spacial score (nSPS) is 15.3. The van der Waals surface area contributed by atoms with E-state index in [1.165, 1.54) is 0 Å². The van der Waals surface area contributed by atoms with Crippen LogP contribution in [0.4, 0.5) is 0 Å². The van der Waals surface area contributed by atoms with E-state index in [4.69, 9.17) is 27.2 Å². The molecule has 3 nitrogen and oxygen atoms in total. The van der Waals surface area contributed by atoms with Gasteiger partial charge in [-0.2, -0.15) is 0 Å². The lowest BCUT2D eigenvalue weighted by atomic mass is 10.4. The Bertz CT molecular complexity index is 83.0. The molecule has 0 radical (unpaired) electrons. The highest BCUT2D eigenvalue weighted by atomic mass is 35.5. The van der Waals surface area contributed by atoms with E-state index in [2.05, 4.69) is 0 Å². The first-order valence-electron chi connectivity index (χ1n) is 3.24. The zero-order valence-electron chi connectivity index (χ0n) is 6.50. The van der Waals surface area contributed by atoms with E-state index >= 15 is 0 Å². The van der Waals surface area contributed by atoms with Gasteiger partial charge >= 0.3 is 0 Å². The topological polar surface area (TPSA) is 55.5 Å². The fraction of sp³-hybridized carbons (Fsp3) is 1.00. The van der Waals surface area contributed by atoms with Crippen LogP contribution in [0.1, 0.15) is 6.92 Å². The molecule has 70 valence electrons. The van der Waals surface area contributed by atoms with Crippen LogP contribution in [-0.2, 0) is 4.74 Å². The van der Waals surface area contributed by atoms with E-state index in [0.717, 1.165) is 0 Å². The Balaban J connectivity index is 0. The first kappa shape index (κ1) is 14.0. The van der Waals surface area contributed by atoms with Crippen molar-refractivity contribution in [3.05, 3.63) is 0 Å². The number of halogens is 2. The molecule has 0 saturated carbocycles. The highest BCUT2D eigenvalue weighted by Crippen LogP contribution is 1.89. The van der Waals surface area contributed by atoms with Crippen molar-refractivity contribution < 1.29 is 9.84 Å². The second-order valence-electron chi connectivity index (χ2n) is 2.32. The van der Waals surface area contributed by atoms with Crippen molar-refractivity contribution in [2.24, 2.45) is 5.73 Å². The van der Waals surface area contributed by atoms with Gasteiger partial charge in [0.05, 0.1) is 25.2 Å². The molecule has 5 heteroatoms. The molecular weight excluding hydrogens is 189 g/mol. The molecule has 0 fully saturated rings. The molecule has 0 spiro atoms. The smallest absolute Gasteiger partial charge is 0.0908 e. The van der Waals surface area contributed by atoms with Gasteiger partial charge < -0.3 is 15.6 Å². The van der Waals surface area contributed by atoms with Gasteiger partial charge in [-0.05, 0) is 6.92 Å². The van der Waals surface area contributed by atoms with Gasteiger partial charge in [0.2, 0.25) is 0 Å². The van der Waals surface area contributed by atoms with Gasteiger partial charge in [-0.1, -0.05) is 0 Å². The van der Waals surface area contributed by atoms with E-state index in [0.29, 0.717) is 6.61 Å². The summed E-state index contributed by atoms with van der Waals surface area (Å²) in [5.74, 6) is 0.207. The van der Waals surface area contributed by atoms with Gasteiger partial charge in [0.1, 0.15) is 0 Å². The molecule has 0 rings (SSSR count). The average Bonchev–Trinajstić information content (AvgIpc) is 1.87. The minimum absolute atomic E-state index is 0.